The summed E-state index contributed by atoms with van der Waals surface area (Å²) in [6.07, 6.45) is 4.44. The van der Waals surface area contributed by atoms with Gasteiger partial charge in [-0.15, -0.1) is 5.10 Å². The Morgan fingerprint density at radius 1 is 1.32 bits per heavy atom. The summed E-state index contributed by atoms with van der Waals surface area (Å²) in [6, 6.07) is 6.11. The molecule has 1 saturated carbocycles. The number of hydrogen-bond acceptors (Lipinski definition) is 4. The van der Waals surface area contributed by atoms with Crippen LogP contribution < -0.4 is 0 Å². The number of hydrogen-bond donors (Lipinski definition) is 0. The van der Waals surface area contributed by atoms with Gasteiger partial charge in [0.1, 0.15) is 0 Å². The lowest BCUT2D eigenvalue weighted by Gasteiger charge is -2.08. The molecule has 2 heterocycles. The van der Waals surface area contributed by atoms with Crippen LogP contribution in [0.1, 0.15) is 37.0 Å². The van der Waals surface area contributed by atoms with Crippen LogP contribution in [0.5, 0.6) is 0 Å². The quantitative estimate of drug-likeness (QED) is 0.821. The van der Waals surface area contributed by atoms with E-state index >= 15 is 0 Å². The third-order valence-electron chi connectivity index (χ3n) is 3.82. The molecule has 5 nitrogen and oxygen atoms in total. The molecule has 2 aromatic heterocycles. The van der Waals surface area contributed by atoms with Gasteiger partial charge in [-0.1, -0.05) is 13.0 Å². The lowest BCUT2D eigenvalue weighted by atomic mass is 10.1. The first kappa shape index (κ1) is 12.3. The fourth-order valence-electron chi connectivity index (χ4n) is 2.25. The minimum atomic E-state index is 0.439. The molecule has 2 aromatic rings. The highest BCUT2D eigenvalue weighted by Crippen LogP contribution is 2.47. The lowest BCUT2D eigenvalue weighted by molar-refractivity contribution is 0.496. The molecule has 0 bridgehead atoms. The lowest BCUT2D eigenvalue weighted by Crippen LogP contribution is -2.12. The normalized spacial score (nSPS) is 16.5. The molecule has 0 spiro atoms. The summed E-state index contributed by atoms with van der Waals surface area (Å²) < 4.78 is 1.92. The monoisotopic (exact) mass is 257 g/mol. The largest absolute Gasteiger partial charge is 0.258 e. The number of aryl methyl sites for hydroxylation is 3. The van der Waals surface area contributed by atoms with Crippen molar-refractivity contribution in [1.29, 1.82) is 0 Å². The van der Waals surface area contributed by atoms with Crippen LogP contribution in [-0.2, 0) is 19.4 Å². The van der Waals surface area contributed by atoms with Gasteiger partial charge in [-0.25, -0.2) is 4.68 Å². The van der Waals surface area contributed by atoms with Crippen LogP contribution >= 0.6 is 0 Å². The Labute approximate surface area is 113 Å². The van der Waals surface area contributed by atoms with E-state index < -0.39 is 0 Å². The predicted octanol–water partition coefficient (Wildman–Crippen LogP) is 1.96. The van der Waals surface area contributed by atoms with Crippen LogP contribution in [0.4, 0.5) is 0 Å². The molecule has 0 aliphatic heterocycles. The van der Waals surface area contributed by atoms with E-state index in [1.54, 1.807) is 0 Å². The SMILES string of the molecule is Cc1cccc(CCn2nnnc2CC2(C)CC2)n1. The van der Waals surface area contributed by atoms with Crippen LogP contribution in [0.2, 0.25) is 0 Å². The summed E-state index contributed by atoms with van der Waals surface area (Å²) in [5, 5.41) is 12.1. The molecule has 0 saturated heterocycles. The highest BCUT2D eigenvalue weighted by atomic mass is 15.5. The molecule has 0 amide bonds. The first-order valence-electron chi connectivity index (χ1n) is 6.82. The van der Waals surface area contributed by atoms with Crippen LogP contribution in [0.15, 0.2) is 18.2 Å². The molecule has 0 unspecified atom stereocenters. The van der Waals surface area contributed by atoms with Crippen molar-refractivity contribution in [1.82, 2.24) is 25.2 Å². The average molecular weight is 257 g/mol. The van der Waals surface area contributed by atoms with E-state index in [-0.39, 0.29) is 0 Å². The molecular formula is C14H19N5. The van der Waals surface area contributed by atoms with Gasteiger partial charge in [0.25, 0.3) is 0 Å². The molecule has 100 valence electrons. The Morgan fingerprint density at radius 2 is 2.16 bits per heavy atom. The smallest absolute Gasteiger partial charge is 0.151 e. The maximum Gasteiger partial charge on any atom is 0.151 e. The van der Waals surface area contributed by atoms with Crippen molar-refractivity contribution >= 4 is 0 Å². The van der Waals surface area contributed by atoms with Crippen LogP contribution in [0.3, 0.4) is 0 Å². The van der Waals surface area contributed by atoms with Crippen molar-refractivity contribution in [3.63, 3.8) is 0 Å². The summed E-state index contributed by atoms with van der Waals surface area (Å²) in [4.78, 5) is 4.51. The number of tetrazole rings is 1. The summed E-state index contributed by atoms with van der Waals surface area (Å²) >= 11 is 0. The van der Waals surface area contributed by atoms with Gasteiger partial charge >= 0.3 is 0 Å². The van der Waals surface area contributed by atoms with Crippen molar-refractivity contribution in [2.24, 2.45) is 5.41 Å². The second kappa shape index (κ2) is 4.72. The van der Waals surface area contributed by atoms with E-state index in [0.29, 0.717) is 5.41 Å². The maximum absolute atomic E-state index is 4.51. The highest BCUT2D eigenvalue weighted by Gasteiger charge is 2.38. The molecule has 19 heavy (non-hydrogen) atoms. The molecule has 1 fully saturated rings. The van der Waals surface area contributed by atoms with Gasteiger partial charge in [0, 0.05) is 24.2 Å². The molecular weight excluding hydrogens is 238 g/mol. The number of nitrogens with zero attached hydrogens (tertiary/aromatic N) is 5. The van der Waals surface area contributed by atoms with Gasteiger partial charge in [-0.3, -0.25) is 4.98 Å². The third kappa shape index (κ3) is 2.97. The van der Waals surface area contributed by atoms with E-state index in [1.807, 2.05) is 23.7 Å². The van der Waals surface area contributed by atoms with Crippen molar-refractivity contribution < 1.29 is 0 Å². The predicted molar refractivity (Wildman–Crippen MR) is 71.5 cm³/mol. The average Bonchev–Trinajstić information content (AvgIpc) is 2.95. The minimum Gasteiger partial charge on any atom is -0.258 e. The van der Waals surface area contributed by atoms with Crippen molar-refractivity contribution in [2.45, 2.75) is 46.1 Å². The van der Waals surface area contributed by atoms with Gasteiger partial charge in [-0.05, 0) is 47.7 Å². The zero-order valence-corrected chi connectivity index (χ0v) is 11.5. The number of pyridine rings is 1. The van der Waals surface area contributed by atoms with Crippen molar-refractivity contribution in [3.05, 3.63) is 35.4 Å². The zero-order chi connectivity index (χ0) is 13.3. The third-order valence-corrected chi connectivity index (χ3v) is 3.82. The van der Waals surface area contributed by atoms with E-state index in [9.17, 15) is 0 Å². The van der Waals surface area contributed by atoms with Gasteiger partial charge in [0.15, 0.2) is 5.82 Å². The summed E-state index contributed by atoms with van der Waals surface area (Å²) in [7, 11) is 0. The number of rotatable bonds is 5. The summed E-state index contributed by atoms with van der Waals surface area (Å²) in [5.41, 5.74) is 2.59. The highest BCUT2D eigenvalue weighted by molar-refractivity contribution is 5.10. The van der Waals surface area contributed by atoms with Gasteiger partial charge in [-0.2, -0.15) is 0 Å². The number of aromatic nitrogens is 5. The van der Waals surface area contributed by atoms with Crippen molar-refractivity contribution in [2.75, 3.05) is 0 Å². The molecule has 0 aromatic carbocycles. The molecule has 0 N–H and O–H groups in total. The Bertz CT molecular complexity index is 571. The first-order valence-corrected chi connectivity index (χ1v) is 6.82. The van der Waals surface area contributed by atoms with E-state index in [2.05, 4.69) is 33.5 Å². The van der Waals surface area contributed by atoms with Crippen LogP contribution in [-0.4, -0.2) is 25.2 Å². The van der Waals surface area contributed by atoms with E-state index in [1.165, 1.54) is 12.8 Å². The topological polar surface area (TPSA) is 56.5 Å². The molecule has 0 atom stereocenters. The van der Waals surface area contributed by atoms with Crippen LogP contribution in [0.25, 0.3) is 0 Å². The first-order chi connectivity index (χ1) is 9.15. The van der Waals surface area contributed by atoms with E-state index in [0.717, 1.165) is 36.6 Å². The Balaban J connectivity index is 1.65. The summed E-state index contributed by atoms with van der Waals surface area (Å²) in [6.45, 7) is 5.11. The Hall–Kier alpha value is -1.78. The minimum absolute atomic E-state index is 0.439. The zero-order valence-electron chi connectivity index (χ0n) is 11.5. The summed E-state index contributed by atoms with van der Waals surface area (Å²) in [5.74, 6) is 1.01. The molecule has 1 aliphatic rings. The van der Waals surface area contributed by atoms with Gasteiger partial charge in [0.2, 0.25) is 0 Å². The van der Waals surface area contributed by atoms with Gasteiger partial charge in [0.05, 0.1) is 6.54 Å². The second-order valence-corrected chi connectivity index (χ2v) is 5.83. The molecule has 1 aliphatic carbocycles. The van der Waals surface area contributed by atoms with Crippen molar-refractivity contribution in [3.8, 4) is 0 Å². The molecule has 0 radical (unpaired) electrons. The fraction of sp³-hybridized carbons (Fsp3) is 0.571. The van der Waals surface area contributed by atoms with Crippen LogP contribution in [0, 0.1) is 12.3 Å². The van der Waals surface area contributed by atoms with Gasteiger partial charge < -0.3 is 0 Å². The Morgan fingerprint density at radius 3 is 2.89 bits per heavy atom. The fourth-order valence-corrected chi connectivity index (χ4v) is 2.25. The maximum atomic E-state index is 4.51. The molecule has 3 rings (SSSR count). The van der Waals surface area contributed by atoms with E-state index in [4.69, 9.17) is 0 Å². The standard InChI is InChI=1S/C14H19N5/c1-11-4-3-5-12(15-11)6-9-19-13(16-17-18-19)10-14(2)7-8-14/h3-5H,6-10H2,1-2H3. The molecule has 5 heteroatoms. The Kier molecular flexibility index (Phi) is 3.05. The second-order valence-electron chi connectivity index (χ2n) is 5.83.